The Morgan fingerprint density at radius 2 is 1.13 bits per heavy atom. The van der Waals surface area contributed by atoms with Gasteiger partial charge in [-0.05, 0) is 58.7 Å². The summed E-state index contributed by atoms with van der Waals surface area (Å²) in [5, 5.41) is 0. The molecule has 0 fully saturated rings. The summed E-state index contributed by atoms with van der Waals surface area (Å²) in [5.41, 5.74) is 3.82. The maximum atomic E-state index is 12.6. The Labute approximate surface area is 176 Å². The lowest BCUT2D eigenvalue weighted by Crippen LogP contribution is -2.42. The number of amides is 2. The van der Waals surface area contributed by atoms with Crippen LogP contribution in [0.3, 0.4) is 0 Å². The molecule has 2 amide bonds. The van der Waals surface area contributed by atoms with E-state index in [0.29, 0.717) is 11.5 Å². The summed E-state index contributed by atoms with van der Waals surface area (Å²) in [6, 6.07) is 10.8. The van der Waals surface area contributed by atoms with Gasteiger partial charge in [0.25, 0.3) is 0 Å². The van der Waals surface area contributed by atoms with Crippen molar-refractivity contribution in [2.75, 3.05) is 14.2 Å². The molecule has 0 bridgehead atoms. The van der Waals surface area contributed by atoms with Gasteiger partial charge in [0.05, 0.1) is 26.3 Å². The number of benzene rings is 2. The van der Waals surface area contributed by atoms with Crippen molar-refractivity contribution in [3.8, 4) is 11.5 Å². The van der Waals surface area contributed by atoms with Gasteiger partial charge in [0.2, 0.25) is 11.8 Å². The summed E-state index contributed by atoms with van der Waals surface area (Å²) in [5.74, 6) is 1.19. The zero-order valence-electron chi connectivity index (χ0n) is 17.5. The van der Waals surface area contributed by atoms with E-state index in [4.69, 9.17) is 9.47 Å². The highest BCUT2D eigenvalue weighted by Crippen LogP contribution is 2.47. The molecule has 30 heavy (non-hydrogen) atoms. The molecule has 2 atom stereocenters. The lowest BCUT2D eigenvalue weighted by Gasteiger charge is -2.44. The largest absolute Gasteiger partial charge is 0.497 e. The molecule has 4 rings (SSSR count). The highest BCUT2D eigenvalue weighted by molar-refractivity contribution is 5.81. The number of fused-ring (bicyclic) bond motifs is 2. The molecular formula is C24H24N2O4. The third-order valence-corrected chi connectivity index (χ3v) is 5.68. The molecule has 2 aromatic rings. The molecule has 2 aliphatic heterocycles. The van der Waals surface area contributed by atoms with Crippen LogP contribution in [0.15, 0.2) is 48.8 Å². The minimum absolute atomic E-state index is 0.104. The monoisotopic (exact) mass is 404 g/mol. The highest BCUT2D eigenvalue weighted by atomic mass is 16.5. The second kappa shape index (κ2) is 7.71. The first kappa shape index (κ1) is 19.8. The Balaban J connectivity index is 1.97. The number of ether oxygens (including phenoxy) is 2. The molecule has 6 heteroatoms. The van der Waals surface area contributed by atoms with Crippen LogP contribution < -0.4 is 9.47 Å². The summed E-state index contributed by atoms with van der Waals surface area (Å²) >= 11 is 0. The van der Waals surface area contributed by atoms with Crippen molar-refractivity contribution in [3.63, 3.8) is 0 Å². The summed E-state index contributed by atoms with van der Waals surface area (Å²) in [7, 11) is 3.23. The van der Waals surface area contributed by atoms with E-state index in [-0.39, 0.29) is 11.8 Å². The van der Waals surface area contributed by atoms with Crippen LogP contribution in [0.1, 0.15) is 48.2 Å². The van der Waals surface area contributed by atoms with E-state index in [1.807, 2.05) is 48.6 Å². The Morgan fingerprint density at radius 1 is 0.733 bits per heavy atom. The van der Waals surface area contributed by atoms with Crippen LogP contribution >= 0.6 is 0 Å². The fourth-order valence-corrected chi connectivity index (χ4v) is 4.23. The number of hydrogen-bond acceptors (Lipinski definition) is 4. The molecular weight excluding hydrogens is 380 g/mol. The molecule has 6 nitrogen and oxygen atoms in total. The van der Waals surface area contributed by atoms with Gasteiger partial charge in [-0.2, -0.15) is 0 Å². The Hall–Kier alpha value is -3.54. The highest BCUT2D eigenvalue weighted by Gasteiger charge is 2.40. The minimum atomic E-state index is -0.419. The van der Waals surface area contributed by atoms with Crippen LogP contribution in [0.5, 0.6) is 11.5 Å². The quantitative estimate of drug-likeness (QED) is 0.771. The molecule has 0 aliphatic carbocycles. The maximum absolute atomic E-state index is 12.6. The smallest absolute Gasteiger partial charge is 0.224 e. The Kier molecular flexibility index (Phi) is 5.08. The van der Waals surface area contributed by atoms with Crippen molar-refractivity contribution in [1.29, 1.82) is 0 Å². The van der Waals surface area contributed by atoms with Gasteiger partial charge in [0, 0.05) is 26.2 Å². The van der Waals surface area contributed by atoms with Crippen LogP contribution in [0, 0.1) is 0 Å². The minimum Gasteiger partial charge on any atom is -0.497 e. The Morgan fingerprint density at radius 3 is 1.47 bits per heavy atom. The lowest BCUT2D eigenvalue weighted by molar-refractivity contribution is -0.134. The van der Waals surface area contributed by atoms with Crippen LogP contribution in [-0.4, -0.2) is 35.8 Å². The molecule has 0 unspecified atom stereocenters. The number of nitrogens with zero attached hydrogens (tertiary/aromatic N) is 2. The lowest BCUT2D eigenvalue weighted by atomic mass is 9.83. The summed E-state index contributed by atoms with van der Waals surface area (Å²) in [4.78, 5) is 28.6. The molecule has 2 heterocycles. The molecule has 154 valence electrons. The average Bonchev–Trinajstić information content (AvgIpc) is 2.76. The van der Waals surface area contributed by atoms with Gasteiger partial charge in [-0.3, -0.25) is 9.59 Å². The van der Waals surface area contributed by atoms with Crippen molar-refractivity contribution >= 4 is 24.0 Å². The summed E-state index contributed by atoms with van der Waals surface area (Å²) in [6.45, 7) is 3.07. The van der Waals surface area contributed by atoms with E-state index in [1.165, 1.54) is 13.8 Å². The number of rotatable bonds is 3. The predicted molar refractivity (Wildman–Crippen MR) is 115 cm³/mol. The fourth-order valence-electron chi connectivity index (χ4n) is 4.23. The van der Waals surface area contributed by atoms with Crippen LogP contribution in [0.25, 0.3) is 12.2 Å². The summed E-state index contributed by atoms with van der Waals surface area (Å²) in [6.07, 6.45) is 7.41. The number of carbonyl (C=O) groups excluding carboxylic acids is 2. The third-order valence-electron chi connectivity index (χ3n) is 5.68. The summed E-state index contributed by atoms with van der Waals surface area (Å²) < 4.78 is 10.9. The first-order valence-corrected chi connectivity index (χ1v) is 9.74. The maximum Gasteiger partial charge on any atom is 0.224 e. The molecule has 0 saturated heterocycles. The van der Waals surface area contributed by atoms with E-state index < -0.39 is 12.1 Å². The SMILES string of the molecule is COc1ccc2c(c1)[C@@H]([C@@H]1c3cc(OC)ccc3C=CN1C(C)=O)N(C(C)=O)C=C2. The van der Waals surface area contributed by atoms with Crippen molar-refractivity contribution in [2.24, 2.45) is 0 Å². The van der Waals surface area contributed by atoms with Crippen molar-refractivity contribution < 1.29 is 19.1 Å². The predicted octanol–water partition coefficient (Wildman–Crippen LogP) is 4.15. The van der Waals surface area contributed by atoms with Gasteiger partial charge in [-0.15, -0.1) is 0 Å². The molecule has 0 aromatic heterocycles. The van der Waals surface area contributed by atoms with Gasteiger partial charge >= 0.3 is 0 Å². The van der Waals surface area contributed by atoms with Crippen LogP contribution in [-0.2, 0) is 9.59 Å². The van der Waals surface area contributed by atoms with Crippen molar-refractivity contribution in [3.05, 3.63) is 71.1 Å². The number of hydrogen-bond donors (Lipinski definition) is 0. The zero-order valence-corrected chi connectivity index (χ0v) is 17.5. The standard InChI is InChI=1S/C24H24N2O4/c1-15(27)25-11-9-17-5-7-19(29-3)13-21(17)23(25)24-22-14-20(30-4)8-6-18(22)10-12-26(24)16(2)28/h5-14,23-24H,1-4H3/t23-,24-/m0/s1. The fraction of sp³-hybridized carbons (Fsp3) is 0.250. The topological polar surface area (TPSA) is 59.1 Å². The van der Waals surface area contributed by atoms with Gasteiger partial charge in [0.15, 0.2) is 0 Å². The normalized spacial score (nSPS) is 19.2. The molecule has 0 radical (unpaired) electrons. The van der Waals surface area contributed by atoms with E-state index in [9.17, 15) is 9.59 Å². The Bertz CT molecular complexity index is 987. The van der Waals surface area contributed by atoms with Crippen molar-refractivity contribution in [1.82, 2.24) is 9.80 Å². The van der Waals surface area contributed by atoms with Crippen LogP contribution in [0.2, 0.25) is 0 Å². The number of methoxy groups -OCH3 is 2. The van der Waals surface area contributed by atoms with Crippen molar-refractivity contribution in [2.45, 2.75) is 25.9 Å². The van der Waals surface area contributed by atoms with Gasteiger partial charge in [0.1, 0.15) is 11.5 Å². The first-order valence-electron chi connectivity index (χ1n) is 9.74. The molecule has 0 N–H and O–H groups in total. The van der Waals surface area contributed by atoms with E-state index in [0.717, 1.165) is 22.3 Å². The second-order valence-corrected chi connectivity index (χ2v) is 7.36. The zero-order chi connectivity index (χ0) is 21.4. The van der Waals surface area contributed by atoms with E-state index in [2.05, 4.69) is 0 Å². The first-order chi connectivity index (χ1) is 14.4. The third kappa shape index (κ3) is 3.24. The average molecular weight is 404 g/mol. The molecule has 0 spiro atoms. The van der Waals surface area contributed by atoms with E-state index in [1.54, 1.807) is 36.4 Å². The van der Waals surface area contributed by atoms with E-state index >= 15 is 0 Å². The van der Waals surface area contributed by atoms with Gasteiger partial charge in [-0.25, -0.2) is 0 Å². The van der Waals surface area contributed by atoms with Gasteiger partial charge in [-0.1, -0.05) is 12.1 Å². The molecule has 2 aromatic carbocycles. The van der Waals surface area contributed by atoms with Gasteiger partial charge < -0.3 is 19.3 Å². The van der Waals surface area contributed by atoms with Crippen LogP contribution in [0.4, 0.5) is 0 Å². The molecule has 0 saturated carbocycles. The molecule has 2 aliphatic rings. The second-order valence-electron chi connectivity index (χ2n) is 7.36. The number of carbonyl (C=O) groups is 2.